The molecule has 2 aromatic heterocycles. The highest BCUT2D eigenvalue weighted by Crippen LogP contribution is 2.40. The van der Waals surface area contributed by atoms with Crippen LogP contribution in [0.15, 0.2) is 48.9 Å². The van der Waals surface area contributed by atoms with Gasteiger partial charge in [-0.2, -0.15) is 0 Å². The number of ether oxygens (including phenoxy) is 1. The van der Waals surface area contributed by atoms with Crippen LogP contribution in [0.3, 0.4) is 0 Å². The monoisotopic (exact) mass is 445 g/mol. The number of morpholine rings is 1. The maximum Gasteiger partial charge on any atom is 0.251 e. The van der Waals surface area contributed by atoms with Crippen LogP contribution in [0.2, 0.25) is 0 Å². The Morgan fingerprint density at radius 2 is 1.94 bits per heavy atom. The van der Waals surface area contributed by atoms with Crippen LogP contribution in [0.4, 0.5) is 5.69 Å². The van der Waals surface area contributed by atoms with Crippen molar-refractivity contribution in [3.8, 4) is 0 Å². The molecule has 0 radical (unpaired) electrons. The van der Waals surface area contributed by atoms with Crippen molar-refractivity contribution in [1.29, 1.82) is 0 Å². The summed E-state index contributed by atoms with van der Waals surface area (Å²) in [5, 5.41) is 3.30. The molecule has 172 valence electrons. The molecule has 2 aliphatic rings. The molecule has 1 aliphatic carbocycles. The van der Waals surface area contributed by atoms with Gasteiger partial charge in [-0.15, -0.1) is 0 Å². The Morgan fingerprint density at radius 3 is 2.64 bits per heavy atom. The smallest absolute Gasteiger partial charge is 0.251 e. The highest BCUT2D eigenvalue weighted by molar-refractivity contribution is 5.95. The number of nitrogens with zero attached hydrogens (tertiary/aromatic N) is 4. The number of nitrogens with one attached hydrogen (secondary N) is 1. The van der Waals surface area contributed by atoms with E-state index in [1.807, 2.05) is 43.7 Å². The molecule has 1 saturated heterocycles. The summed E-state index contributed by atoms with van der Waals surface area (Å²) in [6.07, 6.45) is 7.86. The molecular weight excluding hydrogens is 414 g/mol. The summed E-state index contributed by atoms with van der Waals surface area (Å²) in [4.78, 5) is 24.7. The second-order valence-electron chi connectivity index (χ2n) is 9.14. The number of benzene rings is 1. The zero-order chi connectivity index (χ0) is 22.8. The van der Waals surface area contributed by atoms with Gasteiger partial charge in [-0.3, -0.25) is 9.78 Å². The summed E-state index contributed by atoms with van der Waals surface area (Å²) in [6, 6.07) is 10.2. The first kappa shape index (κ1) is 21.6. The highest BCUT2D eigenvalue weighted by atomic mass is 16.5. The van der Waals surface area contributed by atoms with Gasteiger partial charge in [0, 0.05) is 49.5 Å². The van der Waals surface area contributed by atoms with Crippen LogP contribution in [-0.2, 0) is 11.3 Å². The maximum absolute atomic E-state index is 13.5. The van der Waals surface area contributed by atoms with Gasteiger partial charge >= 0.3 is 0 Å². The lowest BCUT2D eigenvalue weighted by Crippen LogP contribution is -2.36. The number of pyridine rings is 1. The van der Waals surface area contributed by atoms with E-state index >= 15 is 0 Å². The lowest BCUT2D eigenvalue weighted by Gasteiger charge is -2.30. The summed E-state index contributed by atoms with van der Waals surface area (Å²) < 4.78 is 7.64. The van der Waals surface area contributed by atoms with Crippen molar-refractivity contribution in [2.45, 2.75) is 39.3 Å². The number of imidazole rings is 1. The van der Waals surface area contributed by atoms with Crippen LogP contribution in [0.5, 0.6) is 0 Å². The van der Waals surface area contributed by atoms with Crippen LogP contribution >= 0.6 is 0 Å². The minimum atomic E-state index is -0.0521. The van der Waals surface area contributed by atoms with E-state index in [0.29, 0.717) is 31.2 Å². The summed E-state index contributed by atoms with van der Waals surface area (Å²) in [5.74, 6) is 1.37. The zero-order valence-electron chi connectivity index (χ0n) is 19.3. The molecule has 3 aromatic rings. The van der Waals surface area contributed by atoms with Gasteiger partial charge in [-0.25, -0.2) is 4.98 Å². The fourth-order valence-electron chi connectivity index (χ4n) is 4.49. The minimum absolute atomic E-state index is 0.0473. The van der Waals surface area contributed by atoms with E-state index in [9.17, 15) is 4.79 Å². The molecule has 1 atom stereocenters. The lowest BCUT2D eigenvalue weighted by molar-refractivity contribution is 0.0930. The van der Waals surface area contributed by atoms with Crippen molar-refractivity contribution in [1.82, 2.24) is 19.9 Å². The molecule has 1 unspecified atom stereocenters. The van der Waals surface area contributed by atoms with E-state index in [-0.39, 0.29) is 11.9 Å². The molecule has 1 amide bonds. The van der Waals surface area contributed by atoms with Crippen molar-refractivity contribution in [2.75, 3.05) is 31.2 Å². The number of carbonyl (C=O) groups excluding carboxylic acids is 1. The molecule has 0 bridgehead atoms. The summed E-state index contributed by atoms with van der Waals surface area (Å²) in [5.41, 5.74) is 4.94. The SMILES string of the molecule is Cc1ccnc(C(NC(=O)c2cc(Cn3ccnc3C)cc(N3CCOCC3)c2)C2CC2)c1. The predicted molar refractivity (Wildman–Crippen MR) is 127 cm³/mol. The first-order valence-corrected chi connectivity index (χ1v) is 11.7. The molecule has 1 aliphatic heterocycles. The highest BCUT2D eigenvalue weighted by Gasteiger charge is 2.34. The molecule has 33 heavy (non-hydrogen) atoms. The van der Waals surface area contributed by atoms with Gasteiger partial charge in [0.05, 0.1) is 24.9 Å². The molecule has 7 heteroatoms. The first-order valence-electron chi connectivity index (χ1n) is 11.7. The van der Waals surface area contributed by atoms with Crippen LogP contribution in [0, 0.1) is 19.8 Å². The largest absolute Gasteiger partial charge is 0.378 e. The van der Waals surface area contributed by atoms with Crippen molar-refractivity contribution in [3.63, 3.8) is 0 Å². The molecular formula is C26H31N5O2. The maximum atomic E-state index is 13.5. The van der Waals surface area contributed by atoms with E-state index < -0.39 is 0 Å². The van der Waals surface area contributed by atoms with E-state index in [2.05, 4.69) is 43.8 Å². The van der Waals surface area contributed by atoms with Gasteiger partial charge in [-0.1, -0.05) is 0 Å². The molecule has 7 nitrogen and oxygen atoms in total. The summed E-state index contributed by atoms with van der Waals surface area (Å²) >= 11 is 0. The molecule has 2 fully saturated rings. The second-order valence-corrected chi connectivity index (χ2v) is 9.14. The Hall–Kier alpha value is -3.19. The van der Waals surface area contributed by atoms with Crippen LogP contribution < -0.4 is 10.2 Å². The van der Waals surface area contributed by atoms with Gasteiger partial charge in [0.2, 0.25) is 0 Å². The number of carbonyl (C=O) groups is 1. The van der Waals surface area contributed by atoms with Crippen LogP contribution in [0.25, 0.3) is 0 Å². The summed E-state index contributed by atoms with van der Waals surface area (Å²) in [7, 11) is 0. The average Bonchev–Trinajstić information content (AvgIpc) is 3.60. The molecule has 1 N–H and O–H groups in total. The number of hydrogen-bond donors (Lipinski definition) is 1. The van der Waals surface area contributed by atoms with E-state index in [1.54, 1.807) is 0 Å². The van der Waals surface area contributed by atoms with Crippen molar-refractivity contribution in [3.05, 3.63) is 77.1 Å². The van der Waals surface area contributed by atoms with Gasteiger partial charge in [0.1, 0.15) is 5.82 Å². The third-order valence-electron chi connectivity index (χ3n) is 6.53. The third-order valence-corrected chi connectivity index (χ3v) is 6.53. The number of aromatic nitrogens is 3. The Balaban J connectivity index is 1.44. The molecule has 5 rings (SSSR count). The number of anilines is 1. The molecule has 3 heterocycles. The number of rotatable bonds is 7. The van der Waals surface area contributed by atoms with Crippen LogP contribution in [-0.4, -0.2) is 46.7 Å². The van der Waals surface area contributed by atoms with Crippen molar-refractivity contribution < 1.29 is 9.53 Å². The van der Waals surface area contributed by atoms with E-state index in [1.165, 1.54) is 0 Å². The number of hydrogen-bond acceptors (Lipinski definition) is 5. The van der Waals surface area contributed by atoms with Crippen molar-refractivity contribution in [2.24, 2.45) is 5.92 Å². The fourth-order valence-corrected chi connectivity index (χ4v) is 4.49. The average molecular weight is 446 g/mol. The van der Waals surface area contributed by atoms with Gasteiger partial charge in [-0.05, 0) is 74.1 Å². The Bertz CT molecular complexity index is 1130. The number of amides is 1. The van der Waals surface area contributed by atoms with Gasteiger partial charge < -0.3 is 19.5 Å². The van der Waals surface area contributed by atoms with Gasteiger partial charge in [0.25, 0.3) is 5.91 Å². The standard InChI is InChI=1S/C26H31N5O2/c1-18-5-6-28-24(13-18)25(21-3-4-21)29-26(32)22-14-20(17-31-8-7-27-19(31)2)15-23(16-22)30-9-11-33-12-10-30/h5-8,13-16,21,25H,3-4,9-12,17H2,1-2H3,(H,29,32). The van der Waals surface area contributed by atoms with E-state index in [4.69, 9.17) is 4.74 Å². The van der Waals surface area contributed by atoms with Crippen molar-refractivity contribution >= 4 is 11.6 Å². The predicted octanol–water partition coefficient (Wildman–Crippen LogP) is 3.66. The van der Waals surface area contributed by atoms with Crippen LogP contribution in [0.1, 0.15) is 51.9 Å². The molecule has 1 saturated carbocycles. The van der Waals surface area contributed by atoms with E-state index in [0.717, 1.165) is 54.3 Å². The van der Waals surface area contributed by atoms with Gasteiger partial charge in [0.15, 0.2) is 0 Å². The zero-order valence-corrected chi connectivity index (χ0v) is 19.3. The second kappa shape index (κ2) is 9.35. The number of aryl methyl sites for hydroxylation is 2. The lowest BCUT2D eigenvalue weighted by atomic mass is 10.0. The topological polar surface area (TPSA) is 72.3 Å². The quantitative estimate of drug-likeness (QED) is 0.601. The third kappa shape index (κ3) is 5.09. The molecule has 0 spiro atoms. The first-order chi connectivity index (χ1) is 16.1. The Kier molecular flexibility index (Phi) is 6.13. The normalized spacial score (nSPS) is 17.1. The fraction of sp³-hybridized carbons (Fsp3) is 0.423. The Labute approximate surface area is 194 Å². The summed E-state index contributed by atoms with van der Waals surface area (Å²) in [6.45, 7) is 7.79. The minimum Gasteiger partial charge on any atom is -0.378 e. The molecule has 1 aromatic carbocycles. The Morgan fingerprint density at radius 1 is 1.12 bits per heavy atom.